The fraction of sp³-hybridized carbons (Fsp3) is 0.450. The molecular formula is C20H23ClFNO2S. The molecule has 2 atom stereocenters. The van der Waals surface area contributed by atoms with E-state index in [0.717, 1.165) is 11.3 Å². The van der Waals surface area contributed by atoms with Crippen molar-refractivity contribution in [3.63, 3.8) is 0 Å². The van der Waals surface area contributed by atoms with Crippen LogP contribution in [0.2, 0.25) is 5.02 Å². The number of aldehydes is 1. The summed E-state index contributed by atoms with van der Waals surface area (Å²) in [6.07, 6.45) is 2.12. The maximum Gasteiger partial charge on any atom is 0.152 e. The zero-order chi connectivity index (χ0) is 19.4. The van der Waals surface area contributed by atoms with Gasteiger partial charge in [-0.3, -0.25) is 4.79 Å². The lowest BCUT2D eigenvalue weighted by Gasteiger charge is -2.19. The molecular weight excluding hydrogens is 373 g/mol. The van der Waals surface area contributed by atoms with E-state index in [-0.39, 0.29) is 16.7 Å². The zero-order valence-electron chi connectivity index (χ0n) is 15.4. The average Bonchev–Trinajstić information content (AvgIpc) is 2.97. The smallest absolute Gasteiger partial charge is 0.152 e. The Balaban J connectivity index is 2.36. The predicted molar refractivity (Wildman–Crippen MR) is 104 cm³/mol. The number of ketones is 1. The van der Waals surface area contributed by atoms with Crippen molar-refractivity contribution in [2.75, 3.05) is 0 Å². The van der Waals surface area contributed by atoms with E-state index < -0.39 is 11.7 Å². The van der Waals surface area contributed by atoms with Gasteiger partial charge in [-0.05, 0) is 37.8 Å². The molecule has 26 heavy (non-hydrogen) atoms. The summed E-state index contributed by atoms with van der Waals surface area (Å²) in [6, 6.07) is 4.47. The number of aryl methyl sites for hydroxylation is 1. The van der Waals surface area contributed by atoms with Crippen LogP contribution in [0.3, 0.4) is 0 Å². The first-order valence-corrected chi connectivity index (χ1v) is 9.89. The van der Waals surface area contributed by atoms with Gasteiger partial charge in [0.1, 0.15) is 23.0 Å². The van der Waals surface area contributed by atoms with Gasteiger partial charge in [-0.25, -0.2) is 9.37 Å². The minimum absolute atomic E-state index is 0.0441. The van der Waals surface area contributed by atoms with Gasteiger partial charge in [0.05, 0.1) is 10.7 Å². The number of aromatic nitrogens is 1. The second-order valence-electron chi connectivity index (χ2n) is 6.84. The standard InChI is InChI=1S/C20H23ClFNO2S/c1-5-13(8-11(2)3)19(25)15(10-24)18-12(4)26-20(23-18)14-6-7-16(21)17(22)9-14/h6-7,9-11,13,15H,5,8H2,1-4H3/t13-,15?/m1/s1. The van der Waals surface area contributed by atoms with E-state index in [1.54, 1.807) is 6.07 Å². The quantitative estimate of drug-likeness (QED) is 0.417. The van der Waals surface area contributed by atoms with Gasteiger partial charge in [-0.2, -0.15) is 0 Å². The second kappa shape index (κ2) is 8.87. The van der Waals surface area contributed by atoms with Crippen LogP contribution < -0.4 is 0 Å². The van der Waals surface area contributed by atoms with E-state index in [9.17, 15) is 14.0 Å². The third-order valence-corrected chi connectivity index (χ3v) is 5.73. The largest absolute Gasteiger partial charge is 0.302 e. The summed E-state index contributed by atoms with van der Waals surface area (Å²) in [5.41, 5.74) is 1.06. The van der Waals surface area contributed by atoms with Crippen LogP contribution in [0.15, 0.2) is 18.2 Å². The van der Waals surface area contributed by atoms with Gasteiger partial charge in [-0.15, -0.1) is 11.3 Å². The molecule has 6 heteroatoms. The molecule has 0 N–H and O–H groups in total. The molecule has 0 aliphatic rings. The topological polar surface area (TPSA) is 47.0 Å². The van der Waals surface area contributed by atoms with Crippen molar-refractivity contribution in [1.29, 1.82) is 0 Å². The van der Waals surface area contributed by atoms with E-state index in [1.807, 2.05) is 13.8 Å². The molecule has 2 aromatic rings. The van der Waals surface area contributed by atoms with Crippen molar-refractivity contribution in [2.45, 2.75) is 46.5 Å². The highest BCUT2D eigenvalue weighted by Gasteiger charge is 2.30. The first-order valence-electron chi connectivity index (χ1n) is 8.70. The van der Waals surface area contributed by atoms with Crippen molar-refractivity contribution in [3.05, 3.63) is 39.6 Å². The van der Waals surface area contributed by atoms with E-state index in [0.29, 0.717) is 34.9 Å². The maximum atomic E-state index is 13.7. The molecule has 0 saturated heterocycles. The molecule has 1 aromatic carbocycles. The third kappa shape index (κ3) is 4.57. The summed E-state index contributed by atoms with van der Waals surface area (Å²) in [5.74, 6) is -1.27. The molecule has 0 amide bonds. The summed E-state index contributed by atoms with van der Waals surface area (Å²) >= 11 is 7.07. The predicted octanol–water partition coefficient (Wildman–Crippen LogP) is 5.83. The Morgan fingerprint density at radius 2 is 2.08 bits per heavy atom. The third-order valence-electron chi connectivity index (χ3n) is 4.39. The Labute approximate surface area is 162 Å². The first kappa shape index (κ1) is 20.7. The van der Waals surface area contributed by atoms with Crippen molar-refractivity contribution in [3.8, 4) is 10.6 Å². The fourth-order valence-electron chi connectivity index (χ4n) is 3.02. The molecule has 0 aliphatic carbocycles. The molecule has 0 bridgehead atoms. The number of hydrogen-bond acceptors (Lipinski definition) is 4. The molecule has 0 saturated carbocycles. The molecule has 140 valence electrons. The fourth-order valence-corrected chi connectivity index (χ4v) is 4.10. The van der Waals surface area contributed by atoms with Crippen LogP contribution >= 0.6 is 22.9 Å². The molecule has 0 spiro atoms. The van der Waals surface area contributed by atoms with E-state index in [4.69, 9.17) is 11.6 Å². The number of carbonyl (C=O) groups excluding carboxylic acids is 2. The summed E-state index contributed by atoms with van der Waals surface area (Å²) < 4.78 is 13.7. The Morgan fingerprint density at radius 1 is 1.38 bits per heavy atom. The van der Waals surface area contributed by atoms with Gasteiger partial charge < -0.3 is 4.79 Å². The molecule has 0 radical (unpaired) electrons. The zero-order valence-corrected chi connectivity index (χ0v) is 17.0. The summed E-state index contributed by atoms with van der Waals surface area (Å²) in [5, 5.41) is 0.618. The summed E-state index contributed by atoms with van der Waals surface area (Å²) in [6.45, 7) is 7.92. The van der Waals surface area contributed by atoms with E-state index in [2.05, 4.69) is 18.8 Å². The second-order valence-corrected chi connectivity index (χ2v) is 8.45. The molecule has 0 aliphatic heterocycles. The minimum Gasteiger partial charge on any atom is -0.302 e. The lowest BCUT2D eigenvalue weighted by atomic mass is 9.84. The van der Waals surface area contributed by atoms with Gasteiger partial charge in [0.15, 0.2) is 5.78 Å². The number of halogens is 2. The molecule has 0 fully saturated rings. The molecule has 3 nitrogen and oxygen atoms in total. The Hall–Kier alpha value is -1.59. The van der Waals surface area contributed by atoms with Crippen LogP contribution in [0, 0.1) is 24.6 Å². The monoisotopic (exact) mass is 395 g/mol. The van der Waals surface area contributed by atoms with E-state index >= 15 is 0 Å². The lowest BCUT2D eigenvalue weighted by molar-refractivity contribution is -0.128. The van der Waals surface area contributed by atoms with Gasteiger partial charge in [-0.1, -0.05) is 38.4 Å². The highest BCUT2D eigenvalue weighted by Crippen LogP contribution is 2.34. The normalized spacial score (nSPS) is 13.7. The maximum absolute atomic E-state index is 13.7. The van der Waals surface area contributed by atoms with Gasteiger partial charge in [0.2, 0.25) is 0 Å². The van der Waals surface area contributed by atoms with Crippen LogP contribution in [-0.2, 0) is 9.59 Å². The molecule has 1 heterocycles. The molecule has 1 unspecified atom stereocenters. The Morgan fingerprint density at radius 3 is 2.62 bits per heavy atom. The number of hydrogen-bond donors (Lipinski definition) is 0. The number of benzene rings is 1. The van der Waals surface area contributed by atoms with Gasteiger partial charge in [0, 0.05) is 16.4 Å². The van der Waals surface area contributed by atoms with Crippen LogP contribution in [0.1, 0.15) is 50.1 Å². The molecule has 2 rings (SSSR count). The number of rotatable bonds is 8. The number of thiazole rings is 1. The summed E-state index contributed by atoms with van der Waals surface area (Å²) in [7, 11) is 0. The average molecular weight is 396 g/mol. The van der Waals surface area contributed by atoms with Crippen molar-refractivity contribution < 1.29 is 14.0 Å². The SMILES string of the molecule is CC[C@H](CC(C)C)C(=O)C(C=O)c1nc(-c2ccc(Cl)c(F)c2)sc1C. The highest BCUT2D eigenvalue weighted by molar-refractivity contribution is 7.15. The lowest BCUT2D eigenvalue weighted by Crippen LogP contribution is -2.25. The van der Waals surface area contributed by atoms with Crippen LogP contribution in [0.25, 0.3) is 10.6 Å². The van der Waals surface area contributed by atoms with Crippen LogP contribution in [0.5, 0.6) is 0 Å². The Bertz CT molecular complexity index is 803. The van der Waals surface area contributed by atoms with Gasteiger partial charge >= 0.3 is 0 Å². The highest BCUT2D eigenvalue weighted by atomic mass is 35.5. The van der Waals surface area contributed by atoms with Crippen LogP contribution in [-0.4, -0.2) is 17.1 Å². The van der Waals surface area contributed by atoms with Crippen molar-refractivity contribution in [1.82, 2.24) is 4.98 Å². The molecule has 1 aromatic heterocycles. The van der Waals surface area contributed by atoms with E-state index in [1.165, 1.54) is 23.5 Å². The minimum atomic E-state index is -0.874. The number of nitrogens with zero attached hydrogens (tertiary/aromatic N) is 1. The van der Waals surface area contributed by atoms with Crippen LogP contribution in [0.4, 0.5) is 4.39 Å². The van der Waals surface area contributed by atoms with Crippen molar-refractivity contribution in [2.24, 2.45) is 11.8 Å². The number of carbonyl (C=O) groups is 2. The van der Waals surface area contributed by atoms with Gasteiger partial charge in [0.25, 0.3) is 0 Å². The number of Topliss-reactive ketones (excluding diaryl/α,β-unsaturated/α-hetero) is 1. The Kier molecular flexibility index (Phi) is 7.07. The summed E-state index contributed by atoms with van der Waals surface area (Å²) in [4.78, 5) is 29.9. The first-order chi connectivity index (χ1) is 12.3. The van der Waals surface area contributed by atoms with Crippen molar-refractivity contribution >= 4 is 35.0 Å².